The second-order valence-electron chi connectivity index (χ2n) is 4.95. The van der Waals surface area contributed by atoms with Gasteiger partial charge < -0.3 is 20.6 Å². The van der Waals surface area contributed by atoms with Gasteiger partial charge in [-0.2, -0.15) is 0 Å². The van der Waals surface area contributed by atoms with Gasteiger partial charge in [0.1, 0.15) is 6.04 Å². The maximum atomic E-state index is 11.9. The van der Waals surface area contributed by atoms with Crippen LogP contribution in [0, 0.1) is 0 Å². The topological polar surface area (TPSA) is 98.7 Å². The average Bonchev–Trinajstić information content (AvgIpc) is 3.04. The Balaban J connectivity index is 1.80. The Kier molecular flexibility index (Phi) is 4.36. The molecule has 0 unspecified atom stereocenters. The minimum Gasteiger partial charge on any atom is -0.480 e. The van der Waals surface area contributed by atoms with E-state index in [4.69, 9.17) is 5.11 Å². The van der Waals surface area contributed by atoms with Crippen molar-refractivity contribution in [2.45, 2.75) is 37.8 Å². The summed E-state index contributed by atoms with van der Waals surface area (Å²) in [6, 6.07) is -0.962. The van der Waals surface area contributed by atoms with Crippen LogP contribution in [0.1, 0.15) is 25.7 Å². The van der Waals surface area contributed by atoms with Crippen LogP contribution in [0.25, 0.3) is 0 Å². The van der Waals surface area contributed by atoms with Gasteiger partial charge in [-0.1, -0.05) is 0 Å². The van der Waals surface area contributed by atoms with Crippen LogP contribution in [-0.4, -0.2) is 59.5 Å². The molecule has 2 aliphatic heterocycles. The minimum absolute atomic E-state index is 0.124. The zero-order valence-electron chi connectivity index (χ0n) is 10.7. The summed E-state index contributed by atoms with van der Waals surface area (Å²) in [4.78, 5) is 35.9. The fraction of sp³-hybridized carbons (Fsp3) is 0.750. The second kappa shape index (κ2) is 6.01. The zero-order valence-corrected chi connectivity index (χ0v) is 10.7. The van der Waals surface area contributed by atoms with Crippen molar-refractivity contribution >= 4 is 17.8 Å². The number of carbonyl (C=O) groups is 3. The molecule has 0 spiro atoms. The molecule has 2 fully saturated rings. The summed E-state index contributed by atoms with van der Waals surface area (Å²) in [5.41, 5.74) is 0. The molecule has 2 rings (SSSR count). The van der Waals surface area contributed by atoms with Crippen LogP contribution in [0.5, 0.6) is 0 Å². The second-order valence-corrected chi connectivity index (χ2v) is 4.95. The number of carbonyl (C=O) groups excluding carboxylic acids is 2. The molecule has 3 N–H and O–H groups in total. The minimum atomic E-state index is -0.977. The van der Waals surface area contributed by atoms with Crippen LogP contribution >= 0.6 is 0 Å². The predicted octanol–water partition coefficient (Wildman–Crippen LogP) is -1.07. The van der Waals surface area contributed by atoms with Crippen molar-refractivity contribution in [3.8, 4) is 0 Å². The first-order valence-electron chi connectivity index (χ1n) is 6.63. The van der Waals surface area contributed by atoms with Crippen molar-refractivity contribution < 1.29 is 19.5 Å². The van der Waals surface area contributed by atoms with Gasteiger partial charge in [0.05, 0.1) is 12.6 Å². The Bertz CT molecular complexity index is 379. The van der Waals surface area contributed by atoms with Gasteiger partial charge in [-0.25, -0.2) is 4.79 Å². The molecule has 0 aromatic heterocycles. The summed E-state index contributed by atoms with van der Waals surface area (Å²) in [7, 11) is 0. The van der Waals surface area contributed by atoms with Crippen LogP contribution in [0.2, 0.25) is 0 Å². The number of carboxylic acids is 1. The van der Waals surface area contributed by atoms with E-state index in [-0.39, 0.29) is 24.4 Å². The van der Waals surface area contributed by atoms with Crippen LogP contribution in [0.4, 0.5) is 0 Å². The molecule has 2 atom stereocenters. The third kappa shape index (κ3) is 3.23. The molecule has 0 aromatic rings. The number of nitrogens with one attached hydrogen (secondary N) is 2. The molecule has 2 heterocycles. The maximum absolute atomic E-state index is 11.9. The SMILES string of the molecule is O=C(NCC(=O)N1CCC[C@H]1C(=O)O)[C@@H]1CCCN1. The van der Waals surface area contributed by atoms with E-state index < -0.39 is 12.0 Å². The molecule has 7 heteroatoms. The van der Waals surface area contributed by atoms with Gasteiger partial charge >= 0.3 is 5.97 Å². The van der Waals surface area contributed by atoms with Crippen LogP contribution < -0.4 is 10.6 Å². The van der Waals surface area contributed by atoms with E-state index in [0.717, 1.165) is 19.4 Å². The zero-order chi connectivity index (χ0) is 13.8. The van der Waals surface area contributed by atoms with Gasteiger partial charge in [0.15, 0.2) is 0 Å². The van der Waals surface area contributed by atoms with E-state index >= 15 is 0 Å². The molecule has 2 saturated heterocycles. The number of nitrogens with zero attached hydrogens (tertiary/aromatic N) is 1. The van der Waals surface area contributed by atoms with Crippen LogP contribution in [0.3, 0.4) is 0 Å². The lowest BCUT2D eigenvalue weighted by molar-refractivity contribution is -0.148. The molecule has 0 aromatic carbocycles. The highest BCUT2D eigenvalue weighted by Crippen LogP contribution is 2.17. The van der Waals surface area contributed by atoms with E-state index in [1.807, 2.05) is 0 Å². The standard InChI is InChI=1S/C12H19N3O4/c16-10(15-6-2-4-9(15)12(18)19)7-14-11(17)8-3-1-5-13-8/h8-9,13H,1-7H2,(H,14,17)(H,18,19)/t8-,9-/m0/s1. The molecule has 19 heavy (non-hydrogen) atoms. The monoisotopic (exact) mass is 269 g/mol. The molecule has 106 valence electrons. The highest BCUT2D eigenvalue weighted by molar-refractivity contribution is 5.89. The van der Waals surface area contributed by atoms with Gasteiger partial charge in [0.2, 0.25) is 11.8 Å². The molecule has 7 nitrogen and oxygen atoms in total. The predicted molar refractivity (Wildman–Crippen MR) is 66.4 cm³/mol. The molecule has 0 saturated carbocycles. The van der Waals surface area contributed by atoms with Crippen molar-refractivity contribution in [2.75, 3.05) is 19.6 Å². The van der Waals surface area contributed by atoms with E-state index in [9.17, 15) is 14.4 Å². The molecular formula is C12H19N3O4. The molecule has 0 aliphatic carbocycles. The largest absolute Gasteiger partial charge is 0.480 e. The number of hydrogen-bond donors (Lipinski definition) is 3. The summed E-state index contributed by atoms with van der Waals surface area (Å²) in [5.74, 6) is -1.48. The summed E-state index contributed by atoms with van der Waals surface area (Å²) in [6.07, 6.45) is 2.92. The molecule has 2 aliphatic rings. The Labute approximate surface area is 111 Å². The fourth-order valence-electron chi connectivity index (χ4n) is 2.62. The van der Waals surface area contributed by atoms with E-state index in [1.165, 1.54) is 4.90 Å². The van der Waals surface area contributed by atoms with Gasteiger partial charge in [0.25, 0.3) is 0 Å². The number of rotatable bonds is 4. The highest BCUT2D eigenvalue weighted by atomic mass is 16.4. The third-order valence-corrected chi connectivity index (χ3v) is 3.65. The third-order valence-electron chi connectivity index (χ3n) is 3.65. The van der Waals surface area contributed by atoms with E-state index in [1.54, 1.807) is 0 Å². The molecule has 0 radical (unpaired) electrons. The lowest BCUT2D eigenvalue weighted by Crippen LogP contribution is -2.48. The Morgan fingerprint density at radius 2 is 2.05 bits per heavy atom. The van der Waals surface area contributed by atoms with Gasteiger partial charge in [-0.05, 0) is 32.2 Å². The first kappa shape index (κ1) is 13.8. The van der Waals surface area contributed by atoms with Gasteiger partial charge in [-0.15, -0.1) is 0 Å². The van der Waals surface area contributed by atoms with Crippen LogP contribution in [0.15, 0.2) is 0 Å². The Morgan fingerprint density at radius 3 is 2.68 bits per heavy atom. The number of carboxylic acid groups (broad SMARTS) is 1. The number of amides is 2. The Morgan fingerprint density at radius 1 is 1.26 bits per heavy atom. The molecular weight excluding hydrogens is 250 g/mol. The lowest BCUT2D eigenvalue weighted by Gasteiger charge is -2.22. The molecule has 2 amide bonds. The summed E-state index contributed by atoms with van der Waals surface area (Å²) in [6.45, 7) is 1.15. The smallest absolute Gasteiger partial charge is 0.326 e. The van der Waals surface area contributed by atoms with Crippen molar-refractivity contribution in [2.24, 2.45) is 0 Å². The first-order chi connectivity index (χ1) is 9.09. The lowest BCUT2D eigenvalue weighted by atomic mass is 10.2. The normalized spacial score (nSPS) is 26.4. The van der Waals surface area contributed by atoms with Gasteiger partial charge in [-0.3, -0.25) is 9.59 Å². The number of aliphatic carboxylic acids is 1. The van der Waals surface area contributed by atoms with E-state index in [0.29, 0.717) is 19.4 Å². The fourth-order valence-corrected chi connectivity index (χ4v) is 2.62. The quantitative estimate of drug-likeness (QED) is 0.603. The summed E-state index contributed by atoms with van der Waals surface area (Å²) in [5, 5.41) is 14.6. The average molecular weight is 269 g/mol. The summed E-state index contributed by atoms with van der Waals surface area (Å²) >= 11 is 0. The van der Waals surface area contributed by atoms with Crippen molar-refractivity contribution in [1.82, 2.24) is 15.5 Å². The van der Waals surface area contributed by atoms with Gasteiger partial charge in [0, 0.05) is 6.54 Å². The maximum Gasteiger partial charge on any atom is 0.326 e. The van der Waals surface area contributed by atoms with Crippen LogP contribution in [-0.2, 0) is 14.4 Å². The van der Waals surface area contributed by atoms with Crippen molar-refractivity contribution in [3.63, 3.8) is 0 Å². The highest BCUT2D eigenvalue weighted by Gasteiger charge is 2.34. The number of hydrogen-bond acceptors (Lipinski definition) is 4. The van der Waals surface area contributed by atoms with Crippen molar-refractivity contribution in [1.29, 1.82) is 0 Å². The van der Waals surface area contributed by atoms with E-state index in [2.05, 4.69) is 10.6 Å². The molecule has 0 bridgehead atoms. The first-order valence-corrected chi connectivity index (χ1v) is 6.63. The summed E-state index contributed by atoms with van der Waals surface area (Å²) < 4.78 is 0. The van der Waals surface area contributed by atoms with Crippen molar-refractivity contribution in [3.05, 3.63) is 0 Å². The number of likely N-dealkylation sites (tertiary alicyclic amines) is 1. The Hall–Kier alpha value is -1.63.